The van der Waals surface area contributed by atoms with Crippen LogP contribution in [0.15, 0.2) is 33.5 Å². The number of carbonyl (C=O) groups excluding carboxylic acids is 1. The molecule has 0 radical (unpaired) electrons. The van der Waals surface area contributed by atoms with Crippen LogP contribution in [-0.4, -0.2) is 24.8 Å². The van der Waals surface area contributed by atoms with Gasteiger partial charge < -0.3 is 18.6 Å². The molecule has 2 aromatic rings. The van der Waals surface area contributed by atoms with Gasteiger partial charge in [0, 0.05) is 23.1 Å². The summed E-state index contributed by atoms with van der Waals surface area (Å²) in [4.78, 5) is 22.9. The topological polar surface area (TPSA) is 78.3 Å². The van der Waals surface area contributed by atoms with E-state index in [1.807, 2.05) is 6.92 Å². The minimum absolute atomic E-state index is 0.357. The first-order valence-corrected chi connectivity index (χ1v) is 6.53. The molecule has 0 saturated carbocycles. The summed E-state index contributed by atoms with van der Waals surface area (Å²) in [6.07, 6.45) is -1.03. The summed E-state index contributed by atoms with van der Waals surface area (Å²) < 4.78 is 21.3. The van der Waals surface area contributed by atoms with Gasteiger partial charge in [-0.3, -0.25) is 0 Å². The van der Waals surface area contributed by atoms with Crippen molar-refractivity contribution in [3.63, 3.8) is 0 Å². The van der Waals surface area contributed by atoms with E-state index in [0.29, 0.717) is 16.9 Å². The van der Waals surface area contributed by atoms with E-state index >= 15 is 0 Å². The van der Waals surface area contributed by atoms with Crippen molar-refractivity contribution in [3.8, 4) is 5.75 Å². The molecule has 0 spiro atoms. The van der Waals surface area contributed by atoms with Gasteiger partial charge in [-0.2, -0.15) is 0 Å². The van der Waals surface area contributed by atoms with Crippen LogP contribution in [0, 0.1) is 0 Å². The van der Waals surface area contributed by atoms with Gasteiger partial charge in [0.2, 0.25) is 0 Å². The van der Waals surface area contributed by atoms with Crippen LogP contribution < -0.4 is 10.4 Å². The summed E-state index contributed by atoms with van der Waals surface area (Å²) in [6, 6.07) is 6.43. The van der Waals surface area contributed by atoms with Gasteiger partial charge in [0.1, 0.15) is 16.9 Å². The number of cyclic esters (lactones) is 1. The Balaban J connectivity index is 1.90. The molecule has 3 heterocycles. The van der Waals surface area contributed by atoms with Crippen molar-refractivity contribution >= 4 is 16.9 Å². The van der Waals surface area contributed by atoms with E-state index < -0.39 is 23.4 Å². The van der Waals surface area contributed by atoms with E-state index in [1.165, 1.54) is 13.2 Å². The van der Waals surface area contributed by atoms with Gasteiger partial charge in [-0.1, -0.05) is 0 Å². The average Bonchev–Trinajstić information content (AvgIpc) is 3.10. The Labute approximate surface area is 119 Å². The molecule has 2 saturated heterocycles. The van der Waals surface area contributed by atoms with Gasteiger partial charge in [0.25, 0.3) is 0 Å². The normalized spacial score (nSPS) is 30.1. The number of carbonyl (C=O) groups is 1. The third-order valence-electron chi connectivity index (χ3n) is 4.06. The molecule has 0 N–H and O–H groups in total. The number of esters is 1. The number of fused-ring (bicyclic) bond motifs is 2. The van der Waals surface area contributed by atoms with Crippen LogP contribution in [0.2, 0.25) is 0 Å². The van der Waals surface area contributed by atoms with Crippen LogP contribution >= 0.6 is 0 Å². The summed E-state index contributed by atoms with van der Waals surface area (Å²) in [7, 11) is 1.51. The lowest BCUT2D eigenvalue weighted by Crippen LogP contribution is -2.17. The van der Waals surface area contributed by atoms with Crippen LogP contribution in [-0.2, 0) is 14.3 Å². The largest absolute Gasteiger partial charge is 0.496 e. The molecular formula is C15H12O6. The quantitative estimate of drug-likeness (QED) is 0.474. The first-order valence-electron chi connectivity index (χ1n) is 6.53. The van der Waals surface area contributed by atoms with Gasteiger partial charge >= 0.3 is 11.6 Å². The van der Waals surface area contributed by atoms with E-state index in [4.69, 9.17) is 18.6 Å². The summed E-state index contributed by atoms with van der Waals surface area (Å²) in [5, 5.41) is 0.731. The van der Waals surface area contributed by atoms with Crippen LogP contribution in [0.4, 0.5) is 0 Å². The Morgan fingerprint density at radius 2 is 2.00 bits per heavy atom. The van der Waals surface area contributed by atoms with Crippen molar-refractivity contribution in [2.45, 2.75) is 24.7 Å². The van der Waals surface area contributed by atoms with Crippen molar-refractivity contribution < 1.29 is 23.4 Å². The second-order valence-corrected chi connectivity index (χ2v) is 5.39. The summed E-state index contributed by atoms with van der Waals surface area (Å²) in [5.41, 5.74) is 0.0518. The Morgan fingerprint density at radius 3 is 2.62 bits per heavy atom. The number of hydrogen-bond donors (Lipinski definition) is 0. The Bertz CT molecular complexity index is 823. The number of rotatable bonds is 2. The van der Waals surface area contributed by atoms with Crippen molar-refractivity contribution in [3.05, 3.63) is 40.2 Å². The van der Waals surface area contributed by atoms with Gasteiger partial charge in [-0.25, -0.2) is 9.59 Å². The third kappa shape index (κ3) is 1.62. The lowest BCUT2D eigenvalue weighted by Gasteiger charge is -2.19. The Morgan fingerprint density at radius 1 is 1.19 bits per heavy atom. The lowest BCUT2D eigenvalue weighted by atomic mass is 9.94. The number of epoxide rings is 1. The van der Waals surface area contributed by atoms with Gasteiger partial charge in [-0.05, 0) is 19.1 Å². The van der Waals surface area contributed by atoms with Gasteiger partial charge in [0.05, 0.1) is 7.11 Å². The number of methoxy groups -OCH3 is 1. The maximum absolute atomic E-state index is 11.7. The predicted octanol–water partition coefficient (Wildman–Crippen LogP) is 1.56. The molecule has 6 nitrogen and oxygen atoms in total. The summed E-state index contributed by atoms with van der Waals surface area (Å²) in [5.74, 6) is 0.135. The molecule has 1 aromatic heterocycles. The fraction of sp³-hybridized carbons (Fsp3) is 0.333. The zero-order chi connectivity index (χ0) is 14.8. The molecule has 0 amide bonds. The van der Waals surface area contributed by atoms with E-state index in [2.05, 4.69) is 0 Å². The third-order valence-corrected chi connectivity index (χ3v) is 4.06. The second kappa shape index (κ2) is 3.85. The molecule has 0 aliphatic carbocycles. The molecule has 0 unspecified atom stereocenters. The van der Waals surface area contributed by atoms with Crippen molar-refractivity contribution in [1.82, 2.24) is 0 Å². The van der Waals surface area contributed by atoms with Gasteiger partial charge in [-0.15, -0.1) is 0 Å². The molecule has 4 rings (SSSR count). The summed E-state index contributed by atoms with van der Waals surface area (Å²) in [6.45, 7) is 1.84. The van der Waals surface area contributed by atoms with E-state index in [9.17, 15) is 9.59 Å². The van der Waals surface area contributed by atoms with Gasteiger partial charge in [0.15, 0.2) is 12.2 Å². The highest BCUT2D eigenvalue weighted by molar-refractivity contribution is 5.85. The standard InChI is InChI=1S/C15H12O6/c1-15-12(20-14(17)13(15)21-15)8-5-7-3-4-11(16)19-9(7)6-10(8)18-2/h3-6,12-13H,1-2H3/t12-,13-,15+/m0/s1. The van der Waals surface area contributed by atoms with Crippen LogP contribution in [0.1, 0.15) is 18.6 Å². The predicted molar refractivity (Wildman–Crippen MR) is 71.1 cm³/mol. The van der Waals surface area contributed by atoms with E-state index in [-0.39, 0.29) is 5.97 Å². The van der Waals surface area contributed by atoms with E-state index in [1.54, 1.807) is 18.2 Å². The number of ether oxygens (including phenoxy) is 3. The first-order chi connectivity index (χ1) is 10.0. The highest BCUT2D eigenvalue weighted by atomic mass is 16.7. The molecule has 1 aromatic carbocycles. The maximum atomic E-state index is 11.7. The molecule has 6 heteroatoms. The molecule has 2 aliphatic rings. The molecule has 3 atom stereocenters. The number of benzene rings is 1. The van der Waals surface area contributed by atoms with E-state index in [0.717, 1.165) is 5.39 Å². The van der Waals surface area contributed by atoms with Crippen LogP contribution in [0.25, 0.3) is 11.0 Å². The molecule has 0 bridgehead atoms. The first kappa shape index (κ1) is 12.4. The maximum Gasteiger partial charge on any atom is 0.339 e. The fourth-order valence-electron chi connectivity index (χ4n) is 2.86. The van der Waals surface area contributed by atoms with Crippen molar-refractivity contribution in [2.75, 3.05) is 7.11 Å². The highest BCUT2D eigenvalue weighted by Gasteiger charge is 2.70. The number of hydrogen-bond acceptors (Lipinski definition) is 6. The van der Waals surface area contributed by atoms with Crippen molar-refractivity contribution in [2.24, 2.45) is 0 Å². The average molecular weight is 288 g/mol. The molecule has 2 aliphatic heterocycles. The smallest absolute Gasteiger partial charge is 0.339 e. The molecule has 2 fully saturated rings. The monoisotopic (exact) mass is 288 g/mol. The zero-order valence-corrected chi connectivity index (χ0v) is 11.4. The highest BCUT2D eigenvalue weighted by Crippen LogP contribution is 2.56. The molecular weight excluding hydrogens is 276 g/mol. The zero-order valence-electron chi connectivity index (χ0n) is 11.4. The van der Waals surface area contributed by atoms with Crippen molar-refractivity contribution in [1.29, 1.82) is 0 Å². The minimum Gasteiger partial charge on any atom is -0.496 e. The lowest BCUT2D eigenvalue weighted by molar-refractivity contribution is -0.151. The minimum atomic E-state index is -0.645. The molecule has 21 heavy (non-hydrogen) atoms. The van der Waals surface area contributed by atoms with Crippen LogP contribution in [0.3, 0.4) is 0 Å². The SMILES string of the molecule is COc1cc2oc(=O)ccc2cc1[C@@H]1OC(=O)[C@@H]2O[C@@]21C. The summed E-state index contributed by atoms with van der Waals surface area (Å²) >= 11 is 0. The Kier molecular flexibility index (Phi) is 2.28. The van der Waals surface area contributed by atoms with Crippen LogP contribution in [0.5, 0.6) is 5.75 Å². The second-order valence-electron chi connectivity index (χ2n) is 5.39. The Hall–Kier alpha value is -2.34. The molecule has 108 valence electrons. The fourth-order valence-corrected chi connectivity index (χ4v) is 2.86.